The fourth-order valence-corrected chi connectivity index (χ4v) is 1.41. The van der Waals surface area contributed by atoms with E-state index in [-0.39, 0.29) is 11.8 Å². The molecule has 3 N–H and O–H groups in total. The zero-order valence-corrected chi connectivity index (χ0v) is 8.14. The van der Waals surface area contributed by atoms with E-state index in [0.29, 0.717) is 6.54 Å². The first-order valence-electron chi connectivity index (χ1n) is 4.61. The molecule has 0 bridgehead atoms. The summed E-state index contributed by atoms with van der Waals surface area (Å²) < 4.78 is 0. The molecule has 1 aliphatic rings. The average molecular weight is 203 g/mol. The number of amides is 2. The van der Waals surface area contributed by atoms with Gasteiger partial charge in [0.1, 0.15) is 5.69 Å². The standard InChI is InChI=1S/C11H10N2O2/c12-9-3-1-8(2-4-9)7-13-10(14)5-6-11(13)15/h1-6H,7,12H2/p+1. The van der Waals surface area contributed by atoms with Crippen LogP contribution in [0, 0.1) is 0 Å². The van der Waals surface area contributed by atoms with E-state index in [2.05, 4.69) is 5.73 Å². The lowest BCUT2D eigenvalue weighted by Crippen LogP contribution is -2.40. The normalized spacial score (nSPS) is 15.1. The monoisotopic (exact) mass is 203 g/mol. The van der Waals surface area contributed by atoms with Gasteiger partial charge in [-0.05, 0) is 17.7 Å². The molecule has 1 heterocycles. The predicted octanol–water partition coefficient (Wildman–Crippen LogP) is -0.0150. The van der Waals surface area contributed by atoms with E-state index in [9.17, 15) is 9.59 Å². The Hall–Kier alpha value is -1.94. The topological polar surface area (TPSA) is 65.0 Å². The number of benzene rings is 1. The van der Waals surface area contributed by atoms with Gasteiger partial charge in [0.2, 0.25) is 0 Å². The Bertz CT molecular complexity index is 416. The highest BCUT2D eigenvalue weighted by Crippen LogP contribution is 2.11. The molecule has 1 aliphatic heterocycles. The molecule has 2 amide bonds. The first-order valence-corrected chi connectivity index (χ1v) is 4.61. The van der Waals surface area contributed by atoms with E-state index < -0.39 is 0 Å². The number of imide groups is 1. The highest BCUT2D eigenvalue weighted by Gasteiger charge is 2.22. The van der Waals surface area contributed by atoms with Gasteiger partial charge >= 0.3 is 0 Å². The molecule has 0 atom stereocenters. The molecule has 76 valence electrons. The number of nitrogens with zero attached hydrogens (tertiary/aromatic N) is 1. The van der Waals surface area contributed by atoms with Gasteiger partial charge in [-0.15, -0.1) is 0 Å². The zero-order valence-electron chi connectivity index (χ0n) is 8.14. The van der Waals surface area contributed by atoms with Crippen molar-refractivity contribution < 1.29 is 15.3 Å². The van der Waals surface area contributed by atoms with Crippen LogP contribution < -0.4 is 5.73 Å². The third kappa shape index (κ3) is 1.94. The van der Waals surface area contributed by atoms with Crippen LogP contribution in [0.3, 0.4) is 0 Å². The second-order valence-electron chi connectivity index (χ2n) is 3.41. The molecule has 2 rings (SSSR count). The minimum atomic E-state index is -0.251. The summed E-state index contributed by atoms with van der Waals surface area (Å²) in [4.78, 5) is 23.7. The van der Waals surface area contributed by atoms with Gasteiger partial charge in [0, 0.05) is 12.2 Å². The fourth-order valence-electron chi connectivity index (χ4n) is 1.41. The van der Waals surface area contributed by atoms with Gasteiger partial charge in [0.15, 0.2) is 0 Å². The van der Waals surface area contributed by atoms with E-state index in [1.807, 2.05) is 24.3 Å². The Morgan fingerprint density at radius 3 is 2.07 bits per heavy atom. The number of quaternary nitrogens is 1. The summed E-state index contributed by atoms with van der Waals surface area (Å²) in [5.41, 5.74) is 5.60. The van der Waals surface area contributed by atoms with Gasteiger partial charge < -0.3 is 5.73 Å². The molecule has 1 aromatic carbocycles. The number of hydrogen-bond donors (Lipinski definition) is 1. The molecule has 0 saturated carbocycles. The van der Waals surface area contributed by atoms with Gasteiger partial charge in [0.25, 0.3) is 11.8 Å². The zero-order chi connectivity index (χ0) is 10.8. The van der Waals surface area contributed by atoms with Crippen LogP contribution in [0.1, 0.15) is 5.56 Å². The first kappa shape index (κ1) is 9.61. The van der Waals surface area contributed by atoms with E-state index in [1.54, 1.807) is 0 Å². The third-order valence-electron chi connectivity index (χ3n) is 2.26. The number of rotatable bonds is 2. The van der Waals surface area contributed by atoms with Crippen molar-refractivity contribution in [3.8, 4) is 0 Å². The van der Waals surface area contributed by atoms with Crippen LogP contribution in [-0.2, 0) is 16.1 Å². The van der Waals surface area contributed by atoms with Crippen molar-refractivity contribution in [2.24, 2.45) is 0 Å². The van der Waals surface area contributed by atoms with Crippen molar-refractivity contribution in [3.63, 3.8) is 0 Å². The molecule has 15 heavy (non-hydrogen) atoms. The Balaban J connectivity index is 2.12. The maximum atomic E-state index is 11.3. The highest BCUT2D eigenvalue weighted by atomic mass is 16.2. The molecular weight excluding hydrogens is 192 g/mol. The first-order chi connectivity index (χ1) is 7.16. The summed E-state index contributed by atoms with van der Waals surface area (Å²) in [5, 5.41) is 0. The van der Waals surface area contributed by atoms with Gasteiger partial charge in [-0.3, -0.25) is 14.5 Å². The van der Waals surface area contributed by atoms with E-state index in [0.717, 1.165) is 11.3 Å². The minimum absolute atomic E-state index is 0.251. The van der Waals surface area contributed by atoms with Crippen molar-refractivity contribution in [2.45, 2.75) is 6.54 Å². The molecule has 0 unspecified atom stereocenters. The molecule has 4 nitrogen and oxygen atoms in total. The summed E-state index contributed by atoms with van der Waals surface area (Å²) in [6.45, 7) is 0.324. The molecule has 0 fully saturated rings. The Morgan fingerprint density at radius 1 is 1.00 bits per heavy atom. The maximum absolute atomic E-state index is 11.3. The molecule has 4 heteroatoms. The third-order valence-corrected chi connectivity index (χ3v) is 2.26. The van der Waals surface area contributed by atoms with E-state index in [1.165, 1.54) is 17.1 Å². The SMILES string of the molecule is [NH3+]c1ccc(CN2C(=O)C=CC2=O)cc1. The molecule has 0 radical (unpaired) electrons. The second kappa shape index (κ2) is 3.67. The largest absolute Gasteiger partial charge is 0.325 e. The molecule has 1 aromatic rings. The van der Waals surface area contributed by atoms with Crippen molar-refractivity contribution in [3.05, 3.63) is 42.0 Å². The Kier molecular flexibility index (Phi) is 2.35. The lowest BCUT2D eigenvalue weighted by atomic mass is 10.2. The molecule has 0 aromatic heterocycles. The van der Waals surface area contributed by atoms with Crippen molar-refractivity contribution >= 4 is 17.5 Å². The maximum Gasteiger partial charge on any atom is 0.253 e. The number of hydrogen-bond acceptors (Lipinski definition) is 2. The van der Waals surface area contributed by atoms with Gasteiger partial charge in [-0.2, -0.15) is 0 Å². The molecule has 0 spiro atoms. The number of carbonyl (C=O) groups is 2. The van der Waals surface area contributed by atoms with Crippen LogP contribution in [0.25, 0.3) is 0 Å². The van der Waals surface area contributed by atoms with Crippen LogP contribution in [0.2, 0.25) is 0 Å². The quantitative estimate of drug-likeness (QED) is 0.687. The van der Waals surface area contributed by atoms with E-state index in [4.69, 9.17) is 0 Å². The average Bonchev–Trinajstić information content (AvgIpc) is 2.53. The second-order valence-corrected chi connectivity index (χ2v) is 3.41. The smallest absolute Gasteiger partial charge is 0.253 e. The van der Waals surface area contributed by atoms with Crippen molar-refractivity contribution in [2.75, 3.05) is 0 Å². The summed E-state index contributed by atoms with van der Waals surface area (Å²) in [5.74, 6) is -0.502. The van der Waals surface area contributed by atoms with Crippen molar-refractivity contribution in [1.29, 1.82) is 0 Å². The summed E-state index contributed by atoms with van der Waals surface area (Å²) in [6.07, 6.45) is 2.58. The fraction of sp³-hybridized carbons (Fsp3) is 0.0909. The molecule has 0 saturated heterocycles. The lowest BCUT2D eigenvalue weighted by Gasteiger charge is -2.13. The number of carbonyl (C=O) groups excluding carboxylic acids is 2. The minimum Gasteiger partial charge on any atom is -0.325 e. The summed E-state index contributed by atoms with van der Waals surface area (Å²) in [6, 6.07) is 7.43. The Morgan fingerprint density at radius 2 is 1.53 bits per heavy atom. The molecule has 0 aliphatic carbocycles. The van der Waals surface area contributed by atoms with Crippen molar-refractivity contribution in [1.82, 2.24) is 4.90 Å². The van der Waals surface area contributed by atoms with Crippen LogP contribution in [0.15, 0.2) is 36.4 Å². The van der Waals surface area contributed by atoms with Gasteiger partial charge in [-0.1, -0.05) is 12.1 Å². The predicted molar refractivity (Wildman–Crippen MR) is 53.7 cm³/mol. The summed E-state index contributed by atoms with van der Waals surface area (Å²) in [7, 11) is 0. The van der Waals surface area contributed by atoms with Gasteiger partial charge in [0.05, 0.1) is 6.54 Å². The van der Waals surface area contributed by atoms with Crippen LogP contribution in [0.4, 0.5) is 5.69 Å². The lowest BCUT2D eigenvalue weighted by molar-refractivity contribution is -0.254. The van der Waals surface area contributed by atoms with Gasteiger partial charge in [-0.25, -0.2) is 0 Å². The van der Waals surface area contributed by atoms with E-state index >= 15 is 0 Å². The Labute approximate surface area is 87.0 Å². The summed E-state index contributed by atoms with van der Waals surface area (Å²) >= 11 is 0. The van der Waals surface area contributed by atoms with Crippen LogP contribution >= 0.6 is 0 Å². The van der Waals surface area contributed by atoms with Crippen LogP contribution in [-0.4, -0.2) is 16.7 Å². The highest BCUT2D eigenvalue weighted by molar-refractivity contribution is 6.12. The van der Waals surface area contributed by atoms with Crippen LogP contribution in [0.5, 0.6) is 0 Å². The molecular formula is C11H11N2O2+.